The van der Waals surface area contributed by atoms with Gasteiger partial charge in [0.2, 0.25) is 0 Å². The van der Waals surface area contributed by atoms with E-state index in [4.69, 9.17) is 11.6 Å². The zero-order chi connectivity index (χ0) is 13.0. The molecule has 1 fully saturated rings. The zero-order valence-corrected chi connectivity index (χ0v) is 11.1. The Morgan fingerprint density at radius 2 is 2.06 bits per heavy atom. The van der Waals surface area contributed by atoms with Crippen LogP contribution in [0.1, 0.15) is 31.2 Å². The van der Waals surface area contributed by atoms with Crippen LogP contribution in [0, 0.1) is 5.82 Å². The molecule has 100 valence electrons. The first-order valence-corrected chi connectivity index (χ1v) is 6.84. The topological polar surface area (TPSA) is 32.3 Å². The van der Waals surface area contributed by atoms with Gasteiger partial charge in [0.1, 0.15) is 5.82 Å². The lowest BCUT2D eigenvalue weighted by Gasteiger charge is -2.32. The predicted molar refractivity (Wildman–Crippen MR) is 71.4 cm³/mol. The van der Waals surface area contributed by atoms with Crippen LogP contribution in [0.4, 0.5) is 4.39 Å². The molecule has 0 unspecified atom stereocenters. The van der Waals surface area contributed by atoms with Crippen molar-refractivity contribution in [2.75, 3.05) is 13.1 Å². The Morgan fingerprint density at radius 1 is 1.33 bits per heavy atom. The largest absolute Gasteiger partial charge is 0.390 e. The second kappa shape index (κ2) is 6.00. The maximum atomic E-state index is 13.2. The predicted octanol–water partition coefficient (Wildman–Crippen LogP) is 2.92. The molecule has 0 atom stereocenters. The fourth-order valence-electron chi connectivity index (χ4n) is 2.49. The average molecular weight is 272 g/mol. The zero-order valence-electron chi connectivity index (χ0n) is 10.4. The summed E-state index contributed by atoms with van der Waals surface area (Å²) < 4.78 is 13.2. The van der Waals surface area contributed by atoms with Gasteiger partial charge in [0.25, 0.3) is 0 Å². The van der Waals surface area contributed by atoms with Crippen LogP contribution in [0.15, 0.2) is 18.2 Å². The lowest BCUT2D eigenvalue weighted by atomic mass is 9.87. The summed E-state index contributed by atoms with van der Waals surface area (Å²) in [5.41, 5.74) is 0.277. The van der Waals surface area contributed by atoms with Crippen molar-refractivity contribution in [3.8, 4) is 0 Å². The fourth-order valence-corrected chi connectivity index (χ4v) is 2.71. The molecule has 0 bridgehead atoms. The van der Waals surface area contributed by atoms with Crippen LogP contribution in [0.25, 0.3) is 0 Å². The highest BCUT2D eigenvalue weighted by molar-refractivity contribution is 6.31. The van der Waals surface area contributed by atoms with Gasteiger partial charge in [0.15, 0.2) is 0 Å². The summed E-state index contributed by atoms with van der Waals surface area (Å²) in [4.78, 5) is 0. The van der Waals surface area contributed by atoms with Gasteiger partial charge in [-0.15, -0.1) is 0 Å². The maximum absolute atomic E-state index is 13.2. The molecule has 2 nitrogen and oxygen atoms in total. The van der Waals surface area contributed by atoms with E-state index in [0.29, 0.717) is 6.42 Å². The van der Waals surface area contributed by atoms with Crippen LogP contribution in [-0.4, -0.2) is 23.8 Å². The Kier molecular flexibility index (Phi) is 4.60. The number of aliphatic hydroxyl groups is 1. The first kappa shape index (κ1) is 13.8. The van der Waals surface area contributed by atoms with Gasteiger partial charge in [-0.3, -0.25) is 0 Å². The van der Waals surface area contributed by atoms with Gasteiger partial charge in [-0.25, -0.2) is 4.39 Å². The molecule has 0 radical (unpaired) electrons. The summed E-state index contributed by atoms with van der Waals surface area (Å²) in [6.07, 6.45) is 3.89. The Morgan fingerprint density at radius 3 is 2.78 bits per heavy atom. The van der Waals surface area contributed by atoms with Crippen molar-refractivity contribution >= 4 is 11.6 Å². The van der Waals surface area contributed by atoms with Crippen LogP contribution in [-0.2, 0) is 6.42 Å². The molecule has 0 saturated carbocycles. The highest BCUT2D eigenvalue weighted by Gasteiger charge is 2.28. The third-order valence-electron chi connectivity index (χ3n) is 3.65. The van der Waals surface area contributed by atoms with Crippen LogP contribution < -0.4 is 5.32 Å². The Labute approximate surface area is 112 Å². The summed E-state index contributed by atoms with van der Waals surface area (Å²) in [6.45, 7) is 1.74. The summed E-state index contributed by atoms with van der Waals surface area (Å²) in [7, 11) is 0. The molecule has 1 aliphatic rings. The first-order chi connectivity index (χ1) is 8.61. The standard InChI is InChI=1S/C14H19ClFNO/c15-13-11(3-1-5-12(13)16)4-2-6-14(18)7-9-17-10-8-14/h1,3,5,17-18H,2,4,6-10H2. The highest BCUT2D eigenvalue weighted by Crippen LogP contribution is 2.26. The minimum absolute atomic E-state index is 0.217. The SMILES string of the molecule is OC1(CCCc2cccc(F)c2Cl)CCNCC1. The monoisotopic (exact) mass is 271 g/mol. The lowest BCUT2D eigenvalue weighted by Crippen LogP contribution is -2.41. The van der Waals surface area contributed by atoms with Gasteiger partial charge in [-0.1, -0.05) is 23.7 Å². The summed E-state index contributed by atoms with van der Waals surface area (Å²) >= 11 is 5.90. The molecular weight excluding hydrogens is 253 g/mol. The molecule has 0 aromatic heterocycles. The van der Waals surface area contributed by atoms with Crippen LogP contribution in [0.3, 0.4) is 0 Å². The van der Waals surface area contributed by atoms with Crippen molar-refractivity contribution in [2.45, 2.75) is 37.7 Å². The number of benzene rings is 1. The Hall–Kier alpha value is -0.640. The van der Waals surface area contributed by atoms with E-state index in [2.05, 4.69) is 5.32 Å². The molecule has 1 heterocycles. The smallest absolute Gasteiger partial charge is 0.142 e. The van der Waals surface area contributed by atoms with Gasteiger partial charge in [-0.2, -0.15) is 0 Å². The molecule has 1 aromatic carbocycles. The molecule has 18 heavy (non-hydrogen) atoms. The Bertz CT molecular complexity index is 405. The van der Waals surface area contributed by atoms with Crippen molar-refractivity contribution in [1.29, 1.82) is 0 Å². The van der Waals surface area contributed by atoms with Gasteiger partial charge in [0.05, 0.1) is 10.6 Å². The normalized spacial score (nSPS) is 18.8. The van der Waals surface area contributed by atoms with Gasteiger partial charge < -0.3 is 10.4 Å². The van der Waals surface area contributed by atoms with E-state index < -0.39 is 5.60 Å². The van der Waals surface area contributed by atoms with Gasteiger partial charge in [-0.05, 0) is 56.8 Å². The van der Waals surface area contributed by atoms with Gasteiger partial charge in [0, 0.05) is 0 Å². The van der Waals surface area contributed by atoms with E-state index >= 15 is 0 Å². The molecule has 1 aliphatic heterocycles. The molecule has 0 aliphatic carbocycles. The number of nitrogens with one attached hydrogen (secondary N) is 1. The number of aryl methyl sites for hydroxylation is 1. The number of piperidine rings is 1. The molecule has 0 amide bonds. The van der Waals surface area contributed by atoms with E-state index in [1.807, 2.05) is 6.07 Å². The summed E-state index contributed by atoms with van der Waals surface area (Å²) in [5, 5.41) is 13.8. The number of hydrogen-bond donors (Lipinski definition) is 2. The van der Waals surface area contributed by atoms with Crippen molar-refractivity contribution in [2.24, 2.45) is 0 Å². The van der Waals surface area contributed by atoms with E-state index in [9.17, 15) is 9.50 Å². The quantitative estimate of drug-likeness (QED) is 0.883. The second-order valence-corrected chi connectivity index (χ2v) is 5.42. The van der Waals surface area contributed by atoms with Crippen LogP contribution in [0.5, 0.6) is 0 Å². The molecular formula is C14H19ClFNO. The van der Waals surface area contributed by atoms with E-state index in [1.54, 1.807) is 6.07 Å². The number of rotatable bonds is 4. The third-order valence-corrected chi connectivity index (χ3v) is 4.08. The van der Waals surface area contributed by atoms with Crippen molar-refractivity contribution < 1.29 is 9.50 Å². The van der Waals surface area contributed by atoms with E-state index in [0.717, 1.165) is 44.3 Å². The summed E-state index contributed by atoms with van der Waals surface area (Å²) in [6, 6.07) is 4.89. The van der Waals surface area contributed by atoms with Crippen LogP contribution >= 0.6 is 11.6 Å². The van der Waals surface area contributed by atoms with Crippen LogP contribution in [0.2, 0.25) is 5.02 Å². The van der Waals surface area contributed by atoms with E-state index in [1.165, 1.54) is 6.07 Å². The fraction of sp³-hybridized carbons (Fsp3) is 0.571. The minimum Gasteiger partial charge on any atom is -0.390 e. The number of halogens is 2. The third kappa shape index (κ3) is 3.44. The van der Waals surface area contributed by atoms with Crippen molar-refractivity contribution in [3.05, 3.63) is 34.6 Å². The highest BCUT2D eigenvalue weighted by atomic mass is 35.5. The molecule has 4 heteroatoms. The maximum Gasteiger partial charge on any atom is 0.142 e. The molecule has 2 N–H and O–H groups in total. The molecule has 2 rings (SSSR count). The first-order valence-electron chi connectivity index (χ1n) is 6.47. The summed E-state index contributed by atoms with van der Waals surface area (Å²) in [5.74, 6) is -0.366. The number of hydrogen-bond acceptors (Lipinski definition) is 2. The molecule has 0 spiro atoms. The van der Waals surface area contributed by atoms with E-state index in [-0.39, 0.29) is 10.8 Å². The minimum atomic E-state index is -0.551. The van der Waals surface area contributed by atoms with Crippen molar-refractivity contribution in [1.82, 2.24) is 5.32 Å². The average Bonchev–Trinajstić information content (AvgIpc) is 2.35. The molecule has 1 saturated heterocycles. The van der Waals surface area contributed by atoms with Crippen molar-refractivity contribution in [3.63, 3.8) is 0 Å². The molecule has 1 aromatic rings. The lowest BCUT2D eigenvalue weighted by molar-refractivity contribution is 0.000921. The Balaban J connectivity index is 1.86. The van der Waals surface area contributed by atoms with Gasteiger partial charge >= 0.3 is 0 Å². The second-order valence-electron chi connectivity index (χ2n) is 5.04.